The highest BCUT2D eigenvalue weighted by atomic mass is 35.5. The van der Waals surface area contributed by atoms with Crippen molar-refractivity contribution >= 4 is 11.6 Å². The fourth-order valence-electron chi connectivity index (χ4n) is 2.09. The largest absolute Gasteiger partial charge is 0.236 e. The molecular weight excluding hydrogens is 220 g/mol. The van der Waals surface area contributed by atoms with Gasteiger partial charge >= 0.3 is 0 Å². The highest BCUT2D eigenvalue weighted by Gasteiger charge is 2.14. The van der Waals surface area contributed by atoms with E-state index >= 15 is 0 Å². The first-order chi connectivity index (χ1) is 7.84. The van der Waals surface area contributed by atoms with Crippen LogP contribution in [0.15, 0.2) is 30.5 Å². The van der Waals surface area contributed by atoms with E-state index in [4.69, 9.17) is 11.6 Å². The van der Waals surface area contributed by atoms with E-state index in [9.17, 15) is 0 Å². The van der Waals surface area contributed by atoms with Crippen LogP contribution in [-0.2, 0) is 12.8 Å². The Hall–Kier alpha value is -1.41. The molecule has 80 valence electrons. The zero-order valence-electron chi connectivity index (χ0n) is 8.78. The summed E-state index contributed by atoms with van der Waals surface area (Å²) in [4.78, 5) is 8.97. The van der Waals surface area contributed by atoms with Crippen molar-refractivity contribution in [3.8, 4) is 11.4 Å². The van der Waals surface area contributed by atoms with Crippen molar-refractivity contribution in [2.45, 2.75) is 19.3 Å². The maximum absolute atomic E-state index is 6.13. The van der Waals surface area contributed by atoms with Gasteiger partial charge in [0.2, 0.25) is 0 Å². The third kappa shape index (κ3) is 1.59. The molecule has 2 nitrogen and oxygen atoms in total. The number of aromatic nitrogens is 2. The average molecular weight is 231 g/mol. The van der Waals surface area contributed by atoms with Gasteiger partial charge in [-0.3, -0.25) is 0 Å². The minimum atomic E-state index is 0.709. The molecule has 1 heterocycles. The standard InChI is InChI=1S/C13H11ClN2/c14-11-6-2-1-5-10(11)13-15-8-9-4-3-7-12(9)16-13/h1-2,5-6,8H,3-4,7H2. The summed E-state index contributed by atoms with van der Waals surface area (Å²) >= 11 is 6.13. The van der Waals surface area contributed by atoms with Crippen molar-refractivity contribution in [2.24, 2.45) is 0 Å². The van der Waals surface area contributed by atoms with E-state index in [-0.39, 0.29) is 0 Å². The topological polar surface area (TPSA) is 25.8 Å². The molecule has 0 saturated carbocycles. The fourth-order valence-corrected chi connectivity index (χ4v) is 2.31. The molecule has 0 bridgehead atoms. The monoisotopic (exact) mass is 230 g/mol. The summed E-state index contributed by atoms with van der Waals surface area (Å²) in [7, 11) is 0. The molecule has 0 atom stereocenters. The Morgan fingerprint density at radius 1 is 1.12 bits per heavy atom. The van der Waals surface area contributed by atoms with Crippen LogP contribution in [0.3, 0.4) is 0 Å². The Labute approximate surface area is 99.3 Å². The van der Waals surface area contributed by atoms with Gasteiger partial charge in [0.1, 0.15) is 0 Å². The SMILES string of the molecule is Clc1ccccc1-c1ncc2c(n1)CCC2. The van der Waals surface area contributed by atoms with Crippen LogP contribution in [0.25, 0.3) is 11.4 Å². The molecule has 3 rings (SSSR count). The number of halogens is 1. The molecule has 1 aromatic heterocycles. The minimum Gasteiger partial charge on any atom is -0.236 e. The summed E-state index contributed by atoms with van der Waals surface area (Å²) in [5, 5.41) is 0.709. The zero-order valence-corrected chi connectivity index (χ0v) is 9.54. The molecule has 0 aliphatic heterocycles. The summed E-state index contributed by atoms with van der Waals surface area (Å²) in [6.45, 7) is 0. The summed E-state index contributed by atoms with van der Waals surface area (Å²) in [5.41, 5.74) is 3.39. The molecule has 3 heteroatoms. The Balaban J connectivity index is 2.11. The molecule has 0 spiro atoms. The highest BCUT2D eigenvalue weighted by molar-refractivity contribution is 6.33. The smallest absolute Gasteiger partial charge is 0.160 e. The van der Waals surface area contributed by atoms with Crippen molar-refractivity contribution in [2.75, 3.05) is 0 Å². The number of aryl methyl sites for hydroxylation is 2. The summed E-state index contributed by atoms with van der Waals surface area (Å²) in [5.74, 6) is 0.742. The molecule has 0 unspecified atom stereocenters. The van der Waals surface area contributed by atoms with Gasteiger partial charge in [-0.25, -0.2) is 9.97 Å². The van der Waals surface area contributed by atoms with E-state index in [0.29, 0.717) is 5.02 Å². The lowest BCUT2D eigenvalue weighted by Crippen LogP contribution is -1.95. The molecule has 0 radical (unpaired) electrons. The Morgan fingerprint density at radius 2 is 2.00 bits per heavy atom. The second-order valence-corrected chi connectivity index (χ2v) is 4.41. The number of benzene rings is 1. The van der Waals surface area contributed by atoms with Crippen LogP contribution in [0.5, 0.6) is 0 Å². The van der Waals surface area contributed by atoms with Gasteiger partial charge in [0.05, 0.1) is 5.02 Å². The number of fused-ring (bicyclic) bond motifs is 1. The third-order valence-electron chi connectivity index (χ3n) is 2.93. The minimum absolute atomic E-state index is 0.709. The van der Waals surface area contributed by atoms with Crippen LogP contribution in [-0.4, -0.2) is 9.97 Å². The molecule has 0 amide bonds. The van der Waals surface area contributed by atoms with E-state index in [1.54, 1.807) is 0 Å². The predicted octanol–water partition coefficient (Wildman–Crippen LogP) is 3.29. The van der Waals surface area contributed by atoms with Crippen LogP contribution < -0.4 is 0 Å². The van der Waals surface area contributed by atoms with Gasteiger partial charge in [-0.2, -0.15) is 0 Å². The Morgan fingerprint density at radius 3 is 2.88 bits per heavy atom. The number of rotatable bonds is 1. The Bertz CT molecular complexity index is 537. The second kappa shape index (κ2) is 3.87. The van der Waals surface area contributed by atoms with Crippen molar-refractivity contribution in [3.63, 3.8) is 0 Å². The summed E-state index contributed by atoms with van der Waals surface area (Å²) < 4.78 is 0. The molecular formula is C13H11ClN2. The van der Waals surface area contributed by atoms with Crippen molar-refractivity contribution in [1.82, 2.24) is 9.97 Å². The molecule has 1 aliphatic rings. The molecule has 1 aliphatic carbocycles. The van der Waals surface area contributed by atoms with Crippen LogP contribution >= 0.6 is 11.6 Å². The highest BCUT2D eigenvalue weighted by Crippen LogP contribution is 2.27. The van der Waals surface area contributed by atoms with Crippen LogP contribution in [0, 0.1) is 0 Å². The van der Waals surface area contributed by atoms with Gasteiger partial charge in [0.25, 0.3) is 0 Å². The maximum Gasteiger partial charge on any atom is 0.160 e. The van der Waals surface area contributed by atoms with E-state index in [0.717, 1.165) is 24.2 Å². The van der Waals surface area contributed by atoms with Crippen LogP contribution in [0.4, 0.5) is 0 Å². The van der Waals surface area contributed by atoms with E-state index in [1.807, 2.05) is 30.5 Å². The molecule has 0 saturated heterocycles. The van der Waals surface area contributed by atoms with E-state index in [2.05, 4.69) is 9.97 Å². The van der Waals surface area contributed by atoms with Gasteiger partial charge < -0.3 is 0 Å². The first-order valence-electron chi connectivity index (χ1n) is 5.44. The van der Waals surface area contributed by atoms with E-state index < -0.39 is 0 Å². The molecule has 0 N–H and O–H groups in total. The summed E-state index contributed by atoms with van der Waals surface area (Å²) in [6.07, 6.45) is 5.30. The fraction of sp³-hybridized carbons (Fsp3) is 0.231. The van der Waals surface area contributed by atoms with Gasteiger partial charge in [-0.1, -0.05) is 23.7 Å². The van der Waals surface area contributed by atoms with Crippen LogP contribution in [0.1, 0.15) is 17.7 Å². The van der Waals surface area contributed by atoms with Gasteiger partial charge in [-0.05, 0) is 37.0 Å². The molecule has 2 aromatic rings. The van der Waals surface area contributed by atoms with Gasteiger partial charge in [0, 0.05) is 17.5 Å². The Kier molecular flexibility index (Phi) is 2.37. The number of hydrogen-bond donors (Lipinski definition) is 0. The summed E-state index contributed by atoms with van der Waals surface area (Å²) in [6, 6.07) is 7.70. The number of hydrogen-bond acceptors (Lipinski definition) is 2. The first kappa shape index (κ1) is 9.79. The third-order valence-corrected chi connectivity index (χ3v) is 3.26. The molecule has 1 aromatic carbocycles. The zero-order chi connectivity index (χ0) is 11.0. The van der Waals surface area contributed by atoms with Gasteiger partial charge in [0.15, 0.2) is 5.82 Å². The quantitative estimate of drug-likeness (QED) is 0.751. The van der Waals surface area contributed by atoms with Gasteiger partial charge in [-0.15, -0.1) is 0 Å². The molecule has 0 fully saturated rings. The first-order valence-corrected chi connectivity index (χ1v) is 5.82. The predicted molar refractivity (Wildman–Crippen MR) is 64.5 cm³/mol. The lowest BCUT2D eigenvalue weighted by atomic mass is 10.2. The second-order valence-electron chi connectivity index (χ2n) is 4.00. The lowest BCUT2D eigenvalue weighted by molar-refractivity contribution is 0.900. The normalized spacial score (nSPS) is 13.8. The van der Waals surface area contributed by atoms with Crippen molar-refractivity contribution in [1.29, 1.82) is 0 Å². The lowest BCUT2D eigenvalue weighted by Gasteiger charge is -2.04. The maximum atomic E-state index is 6.13. The number of nitrogens with zero attached hydrogens (tertiary/aromatic N) is 2. The van der Waals surface area contributed by atoms with Crippen LogP contribution in [0.2, 0.25) is 5.02 Å². The van der Waals surface area contributed by atoms with E-state index in [1.165, 1.54) is 17.7 Å². The van der Waals surface area contributed by atoms with Crippen molar-refractivity contribution < 1.29 is 0 Å². The average Bonchev–Trinajstić information content (AvgIpc) is 2.76. The van der Waals surface area contributed by atoms with Crippen molar-refractivity contribution in [3.05, 3.63) is 46.7 Å². The molecule has 16 heavy (non-hydrogen) atoms.